The molecule has 6 heteroatoms. The van der Waals surface area contributed by atoms with Crippen molar-refractivity contribution < 1.29 is 0 Å². The fourth-order valence-electron chi connectivity index (χ4n) is 8.93. The molecule has 7 aromatic carbocycles. The van der Waals surface area contributed by atoms with Crippen LogP contribution in [0.4, 0.5) is 0 Å². The van der Waals surface area contributed by atoms with Gasteiger partial charge in [-0.05, 0) is 120 Å². The molecule has 0 amide bonds. The highest BCUT2D eigenvalue weighted by Gasteiger charge is 2.21. The lowest BCUT2D eigenvalue weighted by Crippen LogP contribution is -2.06. The lowest BCUT2D eigenvalue weighted by atomic mass is 9.92. The molecule has 0 N–H and O–H groups in total. The van der Waals surface area contributed by atoms with Crippen molar-refractivity contribution in [2.45, 2.75) is 19.8 Å². The Morgan fingerprint density at radius 2 is 0.932 bits per heavy atom. The summed E-state index contributed by atoms with van der Waals surface area (Å²) in [6, 6.07) is 58.3. The summed E-state index contributed by atoms with van der Waals surface area (Å²) in [5.74, 6) is 1.77. The zero-order valence-electron chi connectivity index (χ0n) is 32.3. The molecular weight excluding hydrogens is 721 g/mol. The van der Waals surface area contributed by atoms with Gasteiger partial charge in [0.2, 0.25) is 0 Å². The molecule has 1 aliphatic rings. The third-order valence-corrected chi connectivity index (χ3v) is 11.7. The Morgan fingerprint density at radius 1 is 0.424 bits per heavy atom. The molecule has 0 radical (unpaired) electrons. The summed E-state index contributed by atoms with van der Waals surface area (Å²) in [5, 5.41) is 1.03. The number of aryl methyl sites for hydroxylation is 2. The van der Waals surface area contributed by atoms with Crippen molar-refractivity contribution >= 4 is 50.3 Å². The van der Waals surface area contributed by atoms with Crippen LogP contribution in [0.15, 0.2) is 170 Å². The van der Waals surface area contributed by atoms with Crippen LogP contribution in [0.2, 0.25) is 0 Å². The van der Waals surface area contributed by atoms with Gasteiger partial charge in [-0.15, -0.1) is 0 Å². The highest BCUT2D eigenvalue weighted by Crippen LogP contribution is 2.38. The van der Waals surface area contributed by atoms with Gasteiger partial charge in [0.25, 0.3) is 0 Å². The van der Waals surface area contributed by atoms with Crippen molar-refractivity contribution in [2.75, 3.05) is 0 Å². The summed E-state index contributed by atoms with van der Waals surface area (Å²) in [5.41, 5.74) is 19.1. The summed E-state index contributed by atoms with van der Waals surface area (Å²) in [6.45, 7) is 2.15. The first kappa shape index (κ1) is 33.4. The van der Waals surface area contributed by atoms with Crippen molar-refractivity contribution in [1.82, 2.24) is 28.7 Å². The maximum atomic E-state index is 5.36. The number of allylic oxidation sites excluding steroid dienone is 1. The second kappa shape index (κ2) is 13.2. The SMILES string of the molecule is Cc1cccc(-c2cc(-c3cccc(-c4nc5c(c6nc7ccccc7n46)C=CCC5)c3)cc(-c3cccc(-c4nc5ccccc5c5nc6ccccc6n45)c3)c2)c1. The highest BCUT2D eigenvalue weighted by molar-refractivity contribution is 5.98. The van der Waals surface area contributed by atoms with Gasteiger partial charge in [0.15, 0.2) is 0 Å². The van der Waals surface area contributed by atoms with E-state index in [0.29, 0.717) is 0 Å². The van der Waals surface area contributed by atoms with Gasteiger partial charge in [-0.25, -0.2) is 19.9 Å². The van der Waals surface area contributed by atoms with E-state index in [2.05, 4.69) is 180 Å². The van der Waals surface area contributed by atoms with Gasteiger partial charge in [-0.1, -0.05) is 115 Å². The molecule has 0 spiro atoms. The van der Waals surface area contributed by atoms with Crippen molar-refractivity contribution in [3.8, 4) is 56.2 Å². The molecule has 0 fully saturated rings. The summed E-state index contributed by atoms with van der Waals surface area (Å²) in [6.07, 6.45) is 6.30. The van der Waals surface area contributed by atoms with Crippen LogP contribution in [-0.2, 0) is 6.42 Å². The van der Waals surface area contributed by atoms with Gasteiger partial charge in [-0.2, -0.15) is 0 Å². The Kier molecular flexibility index (Phi) is 7.47. The number of imidazole rings is 2. The smallest absolute Gasteiger partial charge is 0.149 e. The van der Waals surface area contributed by atoms with Crippen LogP contribution in [-0.4, -0.2) is 28.7 Å². The molecule has 6 nitrogen and oxygen atoms in total. The van der Waals surface area contributed by atoms with Crippen molar-refractivity contribution in [3.05, 3.63) is 187 Å². The number of aromatic nitrogens is 6. The van der Waals surface area contributed by atoms with Crippen LogP contribution >= 0.6 is 0 Å². The molecule has 0 saturated carbocycles. The monoisotopic (exact) mass is 756 g/mol. The third kappa shape index (κ3) is 5.48. The minimum atomic E-state index is 0.864. The molecule has 4 aromatic heterocycles. The van der Waals surface area contributed by atoms with Crippen LogP contribution < -0.4 is 0 Å². The van der Waals surface area contributed by atoms with Crippen molar-refractivity contribution in [2.24, 2.45) is 0 Å². The van der Waals surface area contributed by atoms with Crippen molar-refractivity contribution in [1.29, 1.82) is 0 Å². The molecule has 11 aromatic rings. The molecule has 0 saturated heterocycles. The second-order valence-corrected chi connectivity index (χ2v) is 15.5. The predicted octanol–water partition coefficient (Wildman–Crippen LogP) is 12.8. The predicted molar refractivity (Wildman–Crippen MR) is 241 cm³/mol. The summed E-state index contributed by atoms with van der Waals surface area (Å²) in [7, 11) is 0. The molecular formula is C53H36N6. The van der Waals surface area contributed by atoms with Crippen molar-refractivity contribution in [3.63, 3.8) is 0 Å². The summed E-state index contributed by atoms with van der Waals surface area (Å²) < 4.78 is 4.45. The highest BCUT2D eigenvalue weighted by atomic mass is 15.1. The molecule has 0 unspecified atom stereocenters. The van der Waals surface area contributed by atoms with Crippen LogP contribution in [0.1, 0.15) is 23.2 Å². The minimum absolute atomic E-state index is 0.864. The van der Waals surface area contributed by atoms with Gasteiger partial charge in [0.05, 0.1) is 33.3 Å². The van der Waals surface area contributed by atoms with Crippen LogP contribution in [0.25, 0.3) is 106 Å². The van der Waals surface area contributed by atoms with Crippen LogP contribution in [0.3, 0.4) is 0 Å². The first-order valence-corrected chi connectivity index (χ1v) is 20.2. The molecule has 278 valence electrons. The summed E-state index contributed by atoms with van der Waals surface area (Å²) in [4.78, 5) is 20.9. The van der Waals surface area contributed by atoms with Gasteiger partial charge in [0.1, 0.15) is 22.9 Å². The van der Waals surface area contributed by atoms with Gasteiger partial charge >= 0.3 is 0 Å². The molecule has 12 rings (SSSR count). The normalized spacial score (nSPS) is 12.6. The fraction of sp³-hybridized carbons (Fsp3) is 0.0566. The molecule has 4 heterocycles. The van der Waals surface area contributed by atoms with E-state index in [0.717, 1.165) is 119 Å². The fourth-order valence-corrected chi connectivity index (χ4v) is 8.93. The Morgan fingerprint density at radius 3 is 1.59 bits per heavy atom. The van der Waals surface area contributed by atoms with Crippen LogP contribution in [0, 0.1) is 6.92 Å². The van der Waals surface area contributed by atoms with Gasteiger partial charge in [-0.3, -0.25) is 8.80 Å². The van der Waals surface area contributed by atoms with E-state index in [4.69, 9.17) is 19.9 Å². The van der Waals surface area contributed by atoms with E-state index < -0.39 is 0 Å². The lowest BCUT2D eigenvalue weighted by Gasteiger charge is -2.16. The maximum absolute atomic E-state index is 5.36. The summed E-state index contributed by atoms with van der Waals surface area (Å²) >= 11 is 0. The first-order valence-electron chi connectivity index (χ1n) is 20.2. The Bertz CT molecular complexity index is 3530. The van der Waals surface area contributed by atoms with E-state index >= 15 is 0 Å². The third-order valence-electron chi connectivity index (χ3n) is 11.7. The molecule has 0 bridgehead atoms. The lowest BCUT2D eigenvalue weighted by molar-refractivity contribution is 0.910. The van der Waals surface area contributed by atoms with Gasteiger partial charge in [0, 0.05) is 22.1 Å². The van der Waals surface area contributed by atoms with Gasteiger partial charge < -0.3 is 0 Å². The Hall–Kier alpha value is -7.70. The first-order chi connectivity index (χ1) is 29.1. The Balaban J connectivity index is 1.04. The van der Waals surface area contributed by atoms with E-state index in [-0.39, 0.29) is 0 Å². The number of fused-ring (bicyclic) bond motifs is 10. The zero-order valence-corrected chi connectivity index (χ0v) is 32.3. The van der Waals surface area contributed by atoms with E-state index in [1.54, 1.807) is 0 Å². The average molecular weight is 757 g/mol. The zero-order chi connectivity index (χ0) is 39.0. The topological polar surface area (TPSA) is 60.4 Å². The number of para-hydroxylation sites is 5. The molecule has 59 heavy (non-hydrogen) atoms. The maximum Gasteiger partial charge on any atom is 0.149 e. The minimum Gasteiger partial charge on any atom is -0.276 e. The number of hydrogen-bond donors (Lipinski definition) is 0. The van der Waals surface area contributed by atoms with Crippen LogP contribution in [0.5, 0.6) is 0 Å². The van der Waals surface area contributed by atoms with E-state index in [1.807, 2.05) is 12.1 Å². The molecule has 1 aliphatic carbocycles. The number of nitrogens with zero attached hydrogens (tertiary/aromatic N) is 6. The van der Waals surface area contributed by atoms with E-state index in [9.17, 15) is 0 Å². The number of benzene rings is 7. The number of rotatable bonds is 5. The molecule has 0 aliphatic heterocycles. The second-order valence-electron chi connectivity index (χ2n) is 15.5. The number of hydrogen-bond acceptors (Lipinski definition) is 4. The van der Waals surface area contributed by atoms with E-state index in [1.165, 1.54) is 11.1 Å². The average Bonchev–Trinajstić information content (AvgIpc) is 3.89. The quantitative estimate of drug-likeness (QED) is 0.175. The Labute approximate surface area is 340 Å². The standard InChI is InChI=1S/C53H36N6/c1-33-13-10-14-34(27-33)39-30-40(35-15-11-17-37(28-35)50-54-44-21-4-2-19-42(44)52-56-46-23-6-8-25-48(46)58(50)52)32-41(31-39)36-16-12-18-38(29-36)51-55-45-22-5-3-20-43(45)53-57-47-24-7-9-26-49(47)59(51)53/h2-4,6-21,23-32H,5,22H2,1H3. The molecule has 0 atom stereocenters. The largest absolute Gasteiger partial charge is 0.276 e.